The van der Waals surface area contributed by atoms with Gasteiger partial charge in [-0.3, -0.25) is 9.59 Å². The highest BCUT2D eigenvalue weighted by Gasteiger charge is 2.31. The Morgan fingerprint density at radius 1 is 1.07 bits per heavy atom. The van der Waals surface area contributed by atoms with E-state index in [-0.39, 0.29) is 17.4 Å². The summed E-state index contributed by atoms with van der Waals surface area (Å²) in [6.45, 7) is 1.27. The van der Waals surface area contributed by atoms with Crippen molar-refractivity contribution in [2.45, 2.75) is 32.2 Å². The molecule has 1 aromatic carbocycles. The normalized spacial score (nSPS) is 18.2. The van der Waals surface area contributed by atoms with Crippen LogP contribution in [0.15, 0.2) is 23.0 Å². The zero-order valence-electron chi connectivity index (χ0n) is 16.5. The van der Waals surface area contributed by atoms with Crippen LogP contribution in [0.4, 0.5) is 0 Å². The number of rotatable bonds is 3. The van der Waals surface area contributed by atoms with Crippen LogP contribution < -0.4 is 15.0 Å². The van der Waals surface area contributed by atoms with Crippen molar-refractivity contribution in [1.29, 1.82) is 0 Å². The Labute approximate surface area is 163 Å². The van der Waals surface area contributed by atoms with Gasteiger partial charge in [0.2, 0.25) is 5.91 Å². The maximum Gasteiger partial charge on any atom is 0.266 e. The van der Waals surface area contributed by atoms with Crippen molar-refractivity contribution in [3.63, 3.8) is 0 Å². The Bertz CT molecular complexity index is 982. The summed E-state index contributed by atoms with van der Waals surface area (Å²) >= 11 is 0. The molecule has 0 saturated heterocycles. The number of aromatic nitrogens is 2. The molecule has 0 radical (unpaired) electrons. The number of aryl methyl sites for hydroxylation is 2. The van der Waals surface area contributed by atoms with Crippen LogP contribution in [0, 0.1) is 5.92 Å². The predicted molar refractivity (Wildman–Crippen MR) is 104 cm³/mol. The lowest BCUT2D eigenvalue weighted by molar-refractivity contribution is -0.136. The molecule has 2 heterocycles. The lowest BCUT2D eigenvalue weighted by Crippen LogP contribution is -2.41. The van der Waals surface area contributed by atoms with Crippen LogP contribution in [0.5, 0.6) is 11.5 Å². The maximum atomic E-state index is 13.2. The van der Waals surface area contributed by atoms with Crippen molar-refractivity contribution < 1.29 is 14.3 Å². The fourth-order valence-corrected chi connectivity index (χ4v) is 4.23. The number of hydrogen-bond donors (Lipinski definition) is 0. The maximum absolute atomic E-state index is 13.2. The summed E-state index contributed by atoms with van der Waals surface area (Å²) in [7, 11) is 4.91. The second kappa shape index (κ2) is 7.30. The van der Waals surface area contributed by atoms with Crippen molar-refractivity contribution >= 4 is 5.91 Å². The van der Waals surface area contributed by atoms with Crippen LogP contribution in [-0.4, -0.2) is 41.4 Å². The second-order valence-corrected chi connectivity index (χ2v) is 7.50. The van der Waals surface area contributed by atoms with Gasteiger partial charge < -0.3 is 14.4 Å². The topological polar surface area (TPSA) is 73.7 Å². The van der Waals surface area contributed by atoms with E-state index < -0.39 is 0 Å². The van der Waals surface area contributed by atoms with E-state index >= 15 is 0 Å². The number of fused-ring (bicyclic) bond motifs is 2. The van der Waals surface area contributed by atoms with Gasteiger partial charge in [-0.2, -0.15) is 5.10 Å². The van der Waals surface area contributed by atoms with Crippen LogP contribution >= 0.6 is 0 Å². The van der Waals surface area contributed by atoms with Gasteiger partial charge >= 0.3 is 0 Å². The lowest BCUT2D eigenvalue weighted by atomic mass is 9.85. The first-order valence-corrected chi connectivity index (χ1v) is 9.58. The molecule has 0 N–H and O–H groups in total. The van der Waals surface area contributed by atoms with Crippen molar-refractivity contribution in [1.82, 2.24) is 14.7 Å². The molecule has 0 spiro atoms. The third kappa shape index (κ3) is 3.25. The minimum Gasteiger partial charge on any atom is -0.493 e. The Kier molecular flexibility index (Phi) is 4.83. The fraction of sp³-hybridized carbons (Fsp3) is 0.476. The number of carbonyl (C=O) groups is 1. The van der Waals surface area contributed by atoms with Gasteiger partial charge in [-0.15, -0.1) is 0 Å². The van der Waals surface area contributed by atoms with Crippen LogP contribution in [0.2, 0.25) is 0 Å². The molecule has 0 fully saturated rings. The average Bonchev–Trinajstić information content (AvgIpc) is 2.72. The Morgan fingerprint density at radius 3 is 2.50 bits per heavy atom. The molecule has 1 aliphatic heterocycles. The number of hydrogen-bond acceptors (Lipinski definition) is 5. The SMILES string of the molecule is COc1cc2c(cc1OC)CN(C(=O)C1CCc3nn(C)c(=O)cc3C1)CC2. The molecular formula is C21H25N3O4. The van der Waals surface area contributed by atoms with Gasteiger partial charge in [-0.1, -0.05) is 0 Å². The first-order valence-electron chi connectivity index (χ1n) is 9.58. The summed E-state index contributed by atoms with van der Waals surface area (Å²) in [5.41, 5.74) is 4.02. The number of benzene rings is 1. The first-order chi connectivity index (χ1) is 13.5. The number of nitrogens with zero attached hydrogens (tertiary/aromatic N) is 3. The fourth-order valence-electron chi connectivity index (χ4n) is 4.23. The third-order valence-corrected chi connectivity index (χ3v) is 5.83. The van der Waals surface area contributed by atoms with E-state index in [4.69, 9.17) is 9.47 Å². The van der Waals surface area contributed by atoms with Gasteiger partial charge in [0.1, 0.15) is 0 Å². The molecule has 28 heavy (non-hydrogen) atoms. The van der Waals surface area contributed by atoms with Gasteiger partial charge in [0.25, 0.3) is 5.56 Å². The minimum atomic E-state index is -0.125. The monoisotopic (exact) mass is 383 g/mol. The van der Waals surface area contributed by atoms with Crippen LogP contribution in [0.3, 0.4) is 0 Å². The smallest absolute Gasteiger partial charge is 0.266 e. The molecular weight excluding hydrogens is 358 g/mol. The highest BCUT2D eigenvalue weighted by molar-refractivity contribution is 5.80. The largest absolute Gasteiger partial charge is 0.493 e. The Balaban J connectivity index is 1.52. The van der Waals surface area contributed by atoms with Crippen LogP contribution in [0.1, 0.15) is 28.8 Å². The van der Waals surface area contributed by atoms with Gasteiger partial charge in [-0.25, -0.2) is 4.68 Å². The molecule has 2 aromatic rings. The average molecular weight is 383 g/mol. The summed E-state index contributed by atoms with van der Waals surface area (Å²) < 4.78 is 12.2. The quantitative estimate of drug-likeness (QED) is 0.803. The summed E-state index contributed by atoms with van der Waals surface area (Å²) in [6, 6.07) is 5.61. The summed E-state index contributed by atoms with van der Waals surface area (Å²) in [5, 5.41) is 4.34. The summed E-state index contributed by atoms with van der Waals surface area (Å²) in [4.78, 5) is 27.0. The molecule has 7 nitrogen and oxygen atoms in total. The highest BCUT2D eigenvalue weighted by Crippen LogP contribution is 2.34. The zero-order chi connectivity index (χ0) is 19.8. The third-order valence-electron chi connectivity index (χ3n) is 5.83. The standard InChI is InChI=1S/C21H25N3O4/c1-23-20(25)11-15-8-14(4-5-17(15)22-23)21(26)24-7-6-13-9-18(27-2)19(28-3)10-16(13)12-24/h9-11,14H,4-8,12H2,1-3H3. The summed E-state index contributed by atoms with van der Waals surface area (Å²) in [6.07, 6.45) is 2.89. The van der Waals surface area contributed by atoms with E-state index in [0.29, 0.717) is 25.3 Å². The Morgan fingerprint density at radius 2 is 1.79 bits per heavy atom. The first kappa shape index (κ1) is 18.5. The molecule has 1 atom stereocenters. The van der Waals surface area contributed by atoms with E-state index in [9.17, 15) is 9.59 Å². The molecule has 0 saturated carbocycles. The molecule has 2 aliphatic rings. The molecule has 7 heteroatoms. The number of amides is 1. The van der Waals surface area contributed by atoms with Crippen LogP contribution in [0.25, 0.3) is 0 Å². The van der Waals surface area contributed by atoms with E-state index in [2.05, 4.69) is 5.10 Å². The van der Waals surface area contributed by atoms with E-state index in [1.54, 1.807) is 27.3 Å². The molecule has 4 rings (SSSR count). The molecule has 1 aromatic heterocycles. The lowest BCUT2D eigenvalue weighted by Gasteiger charge is -2.33. The van der Waals surface area contributed by atoms with Crippen molar-refractivity contribution in [2.24, 2.45) is 13.0 Å². The van der Waals surface area contributed by atoms with E-state index in [1.807, 2.05) is 17.0 Å². The van der Waals surface area contributed by atoms with Gasteiger partial charge in [0.05, 0.1) is 19.9 Å². The molecule has 148 valence electrons. The number of methoxy groups -OCH3 is 2. The molecule has 1 unspecified atom stereocenters. The number of ether oxygens (including phenoxy) is 2. The van der Waals surface area contributed by atoms with Crippen molar-refractivity contribution in [2.75, 3.05) is 20.8 Å². The van der Waals surface area contributed by atoms with Gasteiger partial charge in [0, 0.05) is 32.1 Å². The predicted octanol–water partition coefficient (Wildman–Crippen LogP) is 1.49. The van der Waals surface area contributed by atoms with Crippen molar-refractivity contribution in [3.8, 4) is 11.5 Å². The highest BCUT2D eigenvalue weighted by atomic mass is 16.5. The molecule has 0 bridgehead atoms. The Hall–Kier alpha value is -2.83. The van der Waals surface area contributed by atoms with Crippen LogP contribution in [-0.2, 0) is 37.6 Å². The second-order valence-electron chi connectivity index (χ2n) is 7.50. The molecule has 1 amide bonds. The zero-order valence-corrected chi connectivity index (χ0v) is 16.5. The van der Waals surface area contributed by atoms with Gasteiger partial charge in [0.15, 0.2) is 11.5 Å². The van der Waals surface area contributed by atoms with Gasteiger partial charge in [-0.05, 0) is 54.5 Å². The summed E-state index contributed by atoms with van der Waals surface area (Å²) in [5.74, 6) is 1.47. The number of carbonyl (C=O) groups excluding carboxylic acids is 1. The van der Waals surface area contributed by atoms with E-state index in [1.165, 1.54) is 10.2 Å². The minimum absolute atomic E-state index is 0.0944. The van der Waals surface area contributed by atoms with Crippen molar-refractivity contribution in [3.05, 3.63) is 50.9 Å². The molecule has 1 aliphatic carbocycles. The van der Waals surface area contributed by atoms with E-state index in [0.717, 1.165) is 41.8 Å².